The van der Waals surface area contributed by atoms with Crippen LogP contribution in [0.25, 0.3) is 0 Å². The maximum Gasteiger partial charge on any atom is 0.264 e. The number of halogens is 2. The zero-order chi connectivity index (χ0) is 21.9. The van der Waals surface area contributed by atoms with Crippen molar-refractivity contribution in [1.29, 1.82) is 0 Å². The van der Waals surface area contributed by atoms with Crippen molar-refractivity contribution >= 4 is 50.5 Å². The van der Waals surface area contributed by atoms with E-state index in [1.54, 1.807) is 42.5 Å². The Kier molecular flexibility index (Phi) is 6.55. The fourth-order valence-electron chi connectivity index (χ4n) is 2.70. The molecule has 0 aliphatic carbocycles. The second kappa shape index (κ2) is 8.95. The number of nitrogens with zero attached hydrogens (tertiary/aromatic N) is 1. The fraction of sp³-hybridized carbons (Fsp3) is 0.0952. The van der Waals surface area contributed by atoms with E-state index in [1.807, 2.05) is 0 Å². The summed E-state index contributed by atoms with van der Waals surface area (Å²) in [5, 5.41) is 3.51. The maximum atomic E-state index is 12.8. The molecule has 3 rings (SSSR count). The Morgan fingerprint density at radius 3 is 2.03 bits per heavy atom. The minimum absolute atomic E-state index is 0.130. The lowest BCUT2D eigenvalue weighted by molar-refractivity contribution is 0.102. The van der Waals surface area contributed by atoms with Gasteiger partial charge in [-0.15, -0.1) is 0 Å². The number of hydrogen-bond acceptors (Lipinski definition) is 4. The van der Waals surface area contributed by atoms with E-state index in [-0.39, 0.29) is 10.8 Å². The van der Waals surface area contributed by atoms with Crippen LogP contribution in [0.5, 0.6) is 5.75 Å². The number of methoxy groups -OCH3 is 1. The number of nitrogens with one attached hydrogen (secondary N) is 1. The van der Waals surface area contributed by atoms with E-state index in [4.69, 9.17) is 27.9 Å². The molecule has 9 heteroatoms. The second-order valence-electron chi connectivity index (χ2n) is 6.31. The number of ether oxygens (including phenoxy) is 1. The maximum absolute atomic E-state index is 12.8. The number of anilines is 2. The Bertz CT molecular complexity index is 1140. The molecule has 0 heterocycles. The number of carbonyl (C=O) groups excluding carboxylic acids is 1. The van der Waals surface area contributed by atoms with Gasteiger partial charge >= 0.3 is 0 Å². The lowest BCUT2D eigenvalue weighted by Gasteiger charge is -2.20. The molecule has 0 aromatic heterocycles. The highest BCUT2D eigenvalue weighted by Crippen LogP contribution is 2.25. The third kappa shape index (κ3) is 4.87. The van der Waals surface area contributed by atoms with Gasteiger partial charge in [-0.2, -0.15) is 0 Å². The van der Waals surface area contributed by atoms with Gasteiger partial charge in [-0.05, 0) is 66.7 Å². The number of amides is 1. The molecule has 30 heavy (non-hydrogen) atoms. The minimum Gasteiger partial charge on any atom is -0.497 e. The summed E-state index contributed by atoms with van der Waals surface area (Å²) in [6, 6.07) is 17.0. The van der Waals surface area contributed by atoms with E-state index in [1.165, 1.54) is 38.4 Å². The third-order valence-corrected chi connectivity index (χ3v) is 6.57. The van der Waals surface area contributed by atoms with Gasteiger partial charge in [0.15, 0.2) is 0 Å². The summed E-state index contributed by atoms with van der Waals surface area (Å²) in [4.78, 5) is 12.6. The van der Waals surface area contributed by atoms with Crippen molar-refractivity contribution in [2.45, 2.75) is 4.90 Å². The molecule has 0 fully saturated rings. The molecular formula is C21H18Cl2N2O4S. The number of rotatable bonds is 6. The summed E-state index contributed by atoms with van der Waals surface area (Å²) in [7, 11) is -0.805. The predicted molar refractivity (Wildman–Crippen MR) is 119 cm³/mol. The predicted octanol–water partition coefficient (Wildman–Crippen LogP) is 5.08. The van der Waals surface area contributed by atoms with Crippen LogP contribution in [-0.4, -0.2) is 28.5 Å². The van der Waals surface area contributed by atoms with Gasteiger partial charge in [0.1, 0.15) is 5.75 Å². The van der Waals surface area contributed by atoms with Crippen molar-refractivity contribution in [2.75, 3.05) is 23.8 Å². The topological polar surface area (TPSA) is 75.7 Å². The lowest BCUT2D eigenvalue weighted by Crippen LogP contribution is -2.26. The molecule has 0 aliphatic rings. The molecule has 1 N–H and O–H groups in total. The largest absolute Gasteiger partial charge is 0.497 e. The van der Waals surface area contributed by atoms with E-state index < -0.39 is 10.0 Å². The van der Waals surface area contributed by atoms with Crippen LogP contribution in [-0.2, 0) is 10.0 Å². The van der Waals surface area contributed by atoms with Crippen molar-refractivity contribution < 1.29 is 17.9 Å². The quantitative estimate of drug-likeness (QED) is 0.551. The lowest BCUT2D eigenvalue weighted by atomic mass is 10.2. The fourth-order valence-corrected chi connectivity index (χ4v) is 4.42. The Labute approximate surface area is 185 Å². The summed E-state index contributed by atoms with van der Waals surface area (Å²) >= 11 is 11.9. The van der Waals surface area contributed by atoms with Crippen LogP contribution in [0, 0.1) is 0 Å². The van der Waals surface area contributed by atoms with Crippen molar-refractivity contribution in [3.05, 3.63) is 82.3 Å². The Hall–Kier alpha value is -2.74. The van der Waals surface area contributed by atoms with Crippen LogP contribution in [0.3, 0.4) is 0 Å². The summed E-state index contributed by atoms with van der Waals surface area (Å²) in [5.41, 5.74) is 1.22. The molecule has 3 aromatic rings. The molecule has 0 radical (unpaired) electrons. The Morgan fingerprint density at radius 2 is 1.50 bits per heavy atom. The van der Waals surface area contributed by atoms with Crippen LogP contribution in [0.15, 0.2) is 71.6 Å². The van der Waals surface area contributed by atoms with Gasteiger partial charge in [-0.1, -0.05) is 23.2 Å². The summed E-state index contributed by atoms with van der Waals surface area (Å²) < 4.78 is 31.9. The SMILES string of the molecule is COc1ccc(S(=O)(=O)N(C)c2ccc(C(=O)Nc3cc(Cl)cc(Cl)c3)cc2)cc1. The molecule has 0 bridgehead atoms. The number of carbonyl (C=O) groups is 1. The number of benzene rings is 3. The van der Waals surface area contributed by atoms with Crippen molar-refractivity contribution in [1.82, 2.24) is 0 Å². The summed E-state index contributed by atoms with van der Waals surface area (Å²) in [6.45, 7) is 0. The van der Waals surface area contributed by atoms with Gasteiger partial charge in [0, 0.05) is 28.3 Å². The van der Waals surface area contributed by atoms with E-state index >= 15 is 0 Å². The normalized spacial score (nSPS) is 11.1. The summed E-state index contributed by atoms with van der Waals surface area (Å²) in [5.74, 6) is 0.188. The van der Waals surface area contributed by atoms with Crippen LogP contribution in [0.1, 0.15) is 10.4 Å². The van der Waals surface area contributed by atoms with Gasteiger partial charge in [-0.25, -0.2) is 8.42 Å². The monoisotopic (exact) mass is 464 g/mol. The van der Waals surface area contributed by atoms with Crippen LogP contribution in [0.2, 0.25) is 10.0 Å². The molecular weight excluding hydrogens is 447 g/mol. The molecule has 0 saturated heterocycles. The Morgan fingerprint density at radius 1 is 0.933 bits per heavy atom. The van der Waals surface area contributed by atoms with Crippen molar-refractivity contribution in [3.8, 4) is 5.75 Å². The van der Waals surface area contributed by atoms with Crippen molar-refractivity contribution in [3.63, 3.8) is 0 Å². The Balaban J connectivity index is 1.77. The first-order valence-electron chi connectivity index (χ1n) is 8.71. The standard InChI is InChI=1S/C21H18Cl2N2O4S/c1-25(30(27,28)20-9-7-19(29-2)8-10-20)18-5-3-14(4-6-18)21(26)24-17-12-15(22)11-16(23)13-17/h3-13H,1-2H3,(H,24,26). The van der Waals surface area contributed by atoms with Crippen LogP contribution >= 0.6 is 23.2 Å². The van der Waals surface area contributed by atoms with Gasteiger partial charge in [0.2, 0.25) is 0 Å². The zero-order valence-corrected chi connectivity index (χ0v) is 18.4. The molecule has 0 aliphatic heterocycles. The highest BCUT2D eigenvalue weighted by Gasteiger charge is 2.21. The first kappa shape index (κ1) is 22.0. The van der Waals surface area contributed by atoms with Gasteiger partial charge in [-0.3, -0.25) is 9.10 Å². The first-order valence-corrected chi connectivity index (χ1v) is 10.9. The molecule has 1 amide bonds. The van der Waals surface area contributed by atoms with E-state index in [2.05, 4.69) is 5.32 Å². The van der Waals surface area contributed by atoms with Crippen LogP contribution < -0.4 is 14.4 Å². The third-order valence-electron chi connectivity index (χ3n) is 4.33. The number of hydrogen-bond donors (Lipinski definition) is 1. The number of sulfonamides is 1. The summed E-state index contributed by atoms with van der Waals surface area (Å²) in [6.07, 6.45) is 0. The second-order valence-corrected chi connectivity index (χ2v) is 9.15. The smallest absolute Gasteiger partial charge is 0.264 e. The van der Waals surface area contributed by atoms with E-state index in [9.17, 15) is 13.2 Å². The highest BCUT2D eigenvalue weighted by atomic mass is 35.5. The minimum atomic E-state index is -3.76. The van der Waals surface area contributed by atoms with E-state index in [0.29, 0.717) is 32.7 Å². The highest BCUT2D eigenvalue weighted by molar-refractivity contribution is 7.92. The zero-order valence-electron chi connectivity index (χ0n) is 16.1. The van der Waals surface area contributed by atoms with Gasteiger partial charge in [0.05, 0.1) is 17.7 Å². The van der Waals surface area contributed by atoms with Gasteiger partial charge in [0.25, 0.3) is 15.9 Å². The molecule has 6 nitrogen and oxygen atoms in total. The molecule has 156 valence electrons. The molecule has 3 aromatic carbocycles. The molecule has 0 spiro atoms. The van der Waals surface area contributed by atoms with Gasteiger partial charge < -0.3 is 10.1 Å². The molecule has 0 atom stereocenters. The average molecular weight is 465 g/mol. The van der Waals surface area contributed by atoms with Crippen LogP contribution in [0.4, 0.5) is 11.4 Å². The molecule has 0 saturated carbocycles. The van der Waals surface area contributed by atoms with E-state index in [0.717, 1.165) is 4.31 Å². The molecule has 0 unspecified atom stereocenters. The average Bonchev–Trinajstić information content (AvgIpc) is 2.72. The first-order chi connectivity index (χ1) is 14.2. The van der Waals surface area contributed by atoms with Crippen molar-refractivity contribution in [2.24, 2.45) is 0 Å².